The molecule has 312 valence electrons. The van der Waals surface area contributed by atoms with Gasteiger partial charge in [-0.1, -0.05) is 93.2 Å². The Morgan fingerprint density at radius 1 is 0.782 bits per heavy atom. The highest BCUT2D eigenvalue weighted by molar-refractivity contribution is 5.29. The van der Waals surface area contributed by atoms with Gasteiger partial charge in [-0.15, -0.1) is 0 Å². The third-order valence-electron chi connectivity index (χ3n) is 19.0. The molecule has 12 atom stereocenters. The predicted octanol–water partition coefficient (Wildman–Crippen LogP) is 12.1. The fourth-order valence-corrected chi connectivity index (χ4v) is 16.7. The molecule has 7 rings (SSSR count). The summed E-state index contributed by atoms with van der Waals surface area (Å²) in [6.45, 7) is 37.3. The highest BCUT2D eigenvalue weighted by Crippen LogP contribution is 2.78. The van der Waals surface area contributed by atoms with E-state index in [0.717, 1.165) is 43.3 Å². The van der Waals surface area contributed by atoms with Gasteiger partial charge in [-0.3, -0.25) is 0 Å². The van der Waals surface area contributed by atoms with Crippen molar-refractivity contribution in [1.29, 1.82) is 0 Å². The van der Waals surface area contributed by atoms with Gasteiger partial charge in [0.15, 0.2) is 0 Å². The van der Waals surface area contributed by atoms with E-state index in [9.17, 15) is 5.11 Å². The van der Waals surface area contributed by atoms with Crippen molar-refractivity contribution in [1.82, 2.24) is 5.32 Å². The van der Waals surface area contributed by atoms with Crippen LogP contribution in [0.4, 0.5) is 0 Å². The van der Waals surface area contributed by atoms with E-state index in [1.807, 2.05) is 0 Å². The summed E-state index contributed by atoms with van der Waals surface area (Å²) in [5.41, 5.74) is 15.9. The molecule has 2 bridgehead atoms. The van der Waals surface area contributed by atoms with E-state index in [2.05, 4.69) is 86.2 Å². The Balaban J connectivity index is 0.00000253. The Hall–Kier alpha value is -1.72. The monoisotopic (exact) mass is 760 g/mol. The Kier molecular flexibility index (Phi) is 11.6. The van der Waals surface area contributed by atoms with Crippen LogP contribution in [-0.4, -0.2) is 29.8 Å². The summed E-state index contributed by atoms with van der Waals surface area (Å²) >= 11 is 0. The van der Waals surface area contributed by atoms with Gasteiger partial charge in [-0.25, -0.2) is 0 Å². The second-order valence-electron chi connectivity index (χ2n) is 23.0. The molecule has 7 saturated carbocycles. The molecule has 7 fully saturated rings. The minimum Gasteiger partial charge on any atom is -0.513 e. The number of nitrogens with two attached hydrogens (primary N) is 2. The molecule has 0 aromatic heterocycles. The first-order valence-electron chi connectivity index (χ1n) is 22.8. The zero-order valence-corrected chi connectivity index (χ0v) is 37.2. The van der Waals surface area contributed by atoms with E-state index in [-0.39, 0.29) is 49.9 Å². The number of hydrogen-bond donors (Lipinski definition) is 4. The lowest BCUT2D eigenvalue weighted by Crippen LogP contribution is -2.76. The fraction of sp³-hybridized carbons (Fsp3) is 0.840. The maximum absolute atomic E-state index is 9.90. The minimum absolute atomic E-state index is 0.0452. The molecule has 0 saturated heterocycles. The van der Waals surface area contributed by atoms with Gasteiger partial charge in [-0.2, -0.15) is 0 Å². The van der Waals surface area contributed by atoms with Crippen molar-refractivity contribution in [2.45, 2.75) is 189 Å². The van der Waals surface area contributed by atoms with Crippen molar-refractivity contribution in [3.05, 3.63) is 49.1 Å². The Morgan fingerprint density at radius 2 is 1.42 bits per heavy atom. The summed E-state index contributed by atoms with van der Waals surface area (Å²) in [4.78, 5) is 0. The molecule has 0 aromatic carbocycles. The first kappa shape index (κ1) is 42.9. The lowest BCUT2D eigenvalue weighted by atomic mass is 9.30. The molecule has 4 unspecified atom stereocenters. The van der Waals surface area contributed by atoms with Crippen LogP contribution in [0.1, 0.15) is 171 Å². The number of rotatable bonds is 11. The van der Waals surface area contributed by atoms with E-state index < -0.39 is 0 Å². The van der Waals surface area contributed by atoms with Gasteiger partial charge in [-0.05, 0) is 166 Å². The third-order valence-corrected chi connectivity index (χ3v) is 19.0. The molecule has 5 nitrogen and oxygen atoms in total. The van der Waals surface area contributed by atoms with E-state index in [1.54, 1.807) is 0 Å². The van der Waals surface area contributed by atoms with E-state index >= 15 is 0 Å². The quantitative estimate of drug-likeness (QED) is 0.124. The minimum atomic E-state index is -0.204. The zero-order valence-electron chi connectivity index (χ0n) is 37.2. The normalized spacial score (nSPS) is 45.4. The van der Waals surface area contributed by atoms with Gasteiger partial charge in [0, 0.05) is 35.5 Å². The first-order valence-corrected chi connectivity index (χ1v) is 22.8. The second-order valence-corrected chi connectivity index (χ2v) is 23.0. The van der Waals surface area contributed by atoms with Crippen LogP contribution < -0.4 is 16.8 Å². The van der Waals surface area contributed by atoms with Gasteiger partial charge in [0.05, 0.1) is 11.5 Å². The van der Waals surface area contributed by atoms with Gasteiger partial charge in [0.25, 0.3) is 0 Å². The van der Waals surface area contributed by atoms with Crippen LogP contribution in [0.5, 0.6) is 0 Å². The first-order chi connectivity index (χ1) is 25.6. The van der Waals surface area contributed by atoms with Crippen LogP contribution >= 0.6 is 0 Å². The third kappa shape index (κ3) is 7.01. The molecule has 6 N–H and O–H groups in total. The topological polar surface area (TPSA) is 93.5 Å². The average Bonchev–Trinajstić information content (AvgIpc) is 3.63. The molecule has 0 radical (unpaired) electrons. The number of fused-ring (bicyclic) bond motifs is 9. The largest absolute Gasteiger partial charge is 0.513 e. The standard InChI is InChI=1S/C49H80N2O2.CH5N/c1-31(2)38-15-21-48(28-32(3)51-37-26-35-13-14-36(25-35)27-37)24-23-47(12)46(11)20-16-39-44(8,9)41(53-34(5)30-43(6,7)29-33(4)52)18-19-45(39,10)40(46)17-22-49(47,50)42(38)48;1-2/h35-42,51-52H,1,3-5,13-30,50H2,2,6-12H3;2H2,1H3/t35?,36?,37?,38-,39-,40+,41?,42-,45-,46+,47-,48+,49?;/m0./s1. The Bertz CT molecular complexity index is 1480. The van der Waals surface area contributed by atoms with Crippen molar-refractivity contribution in [3.63, 3.8) is 0 Å². The van der Waals surface area contributed by atoms with Gasteiger partial charge < -0.3 is 26.6 Å². The highest BCUT2D eigenvalue weighted by Gasteiger charge is 2.75. The van der Waals surface area contributed by atoms with E-state index in [0.29, 0.717) is 36.1 Å². The molecule has 5 heteroatoms. The molecule has 7 aliphatic carbocycles. The number of aliphatic hydroxyl groups excluding tert-OH is 1. The summed E-state index contributed by atoms with van der Waals surface area (Å²) in [5, 5.41) is 14.0. The van der Waals surface area contributed by atoms with E-state index in [1.165, 1.54) is 102 Å². The van der Waals surface area contributed by atoms with Gasteiger partial charge >= 0.3 is 0 Å². The Labute approximate surface area is 338 Å². The smallest absolute Gasteiger partial charge is 0.104 e. The molecule has 0 aliphatic heterocycles. The number of hydrogen-bond acceptors (Lipinski definition) is 5. The predicted molar refractivity (Wildman–Crippen MR) is 232 cm³/mol. The number of aliphatic hydroxyl groups is 1. The van der Waals surface area contributed by atoms with Gasteiger partial charge in [0.2, 0.25) is 0 Å². The average molecular weight is 760 g/mol. The SMILES string of the molecule is C=C(O)CC(C)(C)CC(=C)OC1CC[C@]2(C)[C@H]3CCC4(N)[C@H]5[C@H](C(=C)C)CC[C@]5(CC(=C)NC5CC6CCC(C6)C5)CC[C@@]4(C)[C@]3(C)CC[C@H]2C1(C)C.CN. The van der Waals surface area contributed by atoms with Gasteiger partial charge in [0.1, 0.15) is 6.10 Å². The molecule has 55 heavy (non-hydrogen) atoms. The van der Waals surface area contributed by atoms with Crippen LogP contribution in [-0.2, 0) is 4.74 Å². The summed E-state index contributed by atoms with van der Waals surface area (Å²) < 4.78 is 6.84. The maximum atomic E-state index is 9.90. The van der Waals surface area contributed by atoms with Crippen molar-refractivity contribution >= 4 is 0 Å². The van der Waals surface area contributed by atoms with Crippen molar-refractivity contribution < 1.29 is 9.84 Å². The summed E-state index contributed by atoms with van der Waals surface area (Å²) in [6.07, 6.45) is 21.8. The molecular weight excluding hydrogens is 675 g/mol. The van der Waals surface area contributed by atoms with Crippen molar-refractivity contribution in [3.8, 4) is 0 Å². The van der Waals surface area contributed by atoms with Crippen LogP contribution in [0.2, 0.25) is 0 Å². The van der Waals surface area contributed by atoms with Crippen molar-refractivity contribution in [2.75, 3.05) is 7.05 Å². The second kappa shape index (κ2) is 14.8. The van der Waals surface area contributed by atoms with Crippen LogP contribution in [0.15, 0.2) is 49.1 Å². The van der Waals surface area contributed by atoms with Crippen LogP contribution in [0, 0.1) is 68.0 Å². The number of ether oxygens (including phenoxy) is 1. The maximum Gasteiger partial charge on any atom is 0.104 e. The van der Waals surface area contributed by atoms with Crippen molar-refractivity contribution in [2.24, 2.45) is 79.5 Å². The van der Waals surface area contributed by atoms with Crippen LogP contribution in [0.3, 0.4) is 0 Å². The molecule has 0 amide bonds. The summed E-state index contributed by atoms with van der Waals surface area (Å²) in [7, 11) is 1.50. The summed E-state index contributed by atoms with van der Waals surface area (Å²) in [5.74, 6) is 5.19. The fourth-order valence-electron chi connectivity index (χ4n) is 16.7. The highest BCUT2D eigenvalue weighted by atomic mass is 16.5. The molecule has 0 aromatic rings. The lowest BCUT2D eigenvalue weighted by molar-refractivity contribution is -0.255. The lowest BCUT2D eigenvalue weighted by Gasteiger charge is -2.76. The molecular formula is C50H85N3O2. The zero-order chi connectivity index (χ0) is 40.6. The number of allylic oxidation sites excluding steroid dienone is 4. The van der Waals surface area contributed by atoms with Crippen LogP contribution in [0.25, 0.3) is 0 Å². The molecule has 0 spiro atoms. The Morgan fingerprint density at radius 3 is 2.04 bits per heavy atom. The van der Waals surface area contributed by atoms with E-state index in [4.69, 9.17) is 17.0 Å². The number of nitrogens with one attached hydrogen (secondary N) is 1. The summed E-state index contributed by atoms with van der Waals surface area (Å²) in [6, 6.07) is 0.620. The molecule has 0 heterocycles. The molecule has 7 aliphatic rings.